The number of aliphatic hydroxyl groups excluding tert-OH is 1. The Morgan fingerprint density at radius 1 is 1.03 bits per heavy atom. The number of aliphatic hydroxyl groups is 1. The van der Waals surface area contributed by atoms with Gasteiger partial charge in [-0.05, 0) is 70.5 Å². The molecule has 6 nitrogen and oxygen atoms in total. The van der Waals surface area contributed by atoms with Gasteiger partial charge in [0.25, 0.3) is 0 Å². The smallest absolute Gasteiger partial charge is 0.223 e. The largest absolute Gasteiger partial charge is 0.491 e. The molecule has 2 N–H and O–H groups in total. The van der Waals surface area contributed by atoms with Crippen LogP contribution in [0.2, 0.25) is 0 Å². The average Bonchev–Trinajstić information content (AvgIpc) is 2.79. The molecular weight excluding hydrogens is 376 g/mol. The highest BCUT2D eigenvalue weighted by Crippen LogP contribution is 2.32. The van der Waals surface area contributed by atoms with Crippen molar-refractivity contribution in [3.63, 3.8) is 0 Å². The van der Waals surface area contributed by atoms with Crippen LogP contribution in [0.4, 0.5) is 5.95 Å². The molecule has 0 bridgehead atoms. The molecule has 0 amide bonds. The van der Waals surface area contributed by atoms with E-state index >= 15 is 0 Å². The molecule has 162 valence electrons. The van der Waals surface area contributed by atoms with Crippen molar-refractivity contribution in [1.29, 1.82) is 0 Å². The molecule has 30 heavy (non-hydrogen) atoms. The number of nitrogens with one attached hydrogen (secondary N) is 1. The summed E-state index contributed by atoms with van der Waals surface area (Å²) >= 11 is 0. The van der Waals surface area contributed by atoms with Gasteiger partial charge in [0.15, 0.2) is 0 Å². The summed E-state index contributed by atoms with van der Waals surface area (Å²) in [5.41, 5.74) is 0.891. The second-order valence-electron chi connectivity index (χ2n) is 9.35. The molecule has 1 saturated carbocycles. The molecule has 1 aromatic heterocycles. The van der Waals surface area contributed by atoms with Gasteiger partial charge < -0.3 is 15.2 Å². The molecule has 2 aromatic rings. The molecule has 1 aliphatic carbocycles. The van der Waals surface area contributed by atoms with Crippen LogP contribution in [0.25, 0.3) is 10.9 Å². The van der Waals surface area contributed by atoms with Crippen LogP contribution in [0.1, 0.15) is 57.8 Å². The van der Waals surface area contributed by atoms with E-state index in [0.717, 1.165) is 48.9 Å². The topological polar surface area (TPSA) is 70.5 Å². The number of para-hydroxylation sites is 1. The van der Waals surface area contributed by atoms with E-state index in [2.05, 4.69) is 15.2 Å². The number of benzene rings is 1. The summed E-state index contributed by atoms with van der Waals surface area (Å²) in [5, 5.41) is 14.2. The van der Waals surface area contributed by atoms with Gasteiger partial charge in [-0.2, -0.15) is 0 Å². The second kappa shape index (κ2) is 9.06. The molecule has 3 heterocycles. The Morgan fingerprint density at radius 3 is 2.80 bits per heavy atom. The van der Waals surface area contributed by atoms with Crippen LogP contribution in [-0.2, 0) is 0 Å². The fourth-order valence-electron chi connectivity index (χ4n) is 5.59. The normalized spacial score (nSPS) is 30.0. The molecule has 2 saturated heterocycles. The maximum absolute atomic E-state index is 9.73. The number of hydrogen-bond acceptors (Lipinski definition) is 6. The van der Waals surface area contributed by atoms with Crippen molar-refractivity contribution in [3.05, 3.63) is 24.4 Å². The Morgan fingerprint density at radius 2 is 1.90 bits per heavy atom. The van der Waals surface area contributed by atoms with E-state index in [9.17, 15) is 5.11 Å². The lowest BCUT2D eigenvalue weighted by Crippen LogP contribution is -2.49. The molecule has 6 heteroatoms. The zero-order valence-electron chi connectivity index (χ0n) is 17.8. The number of nitrogens with zero attached hydrogens (tertiary/aromatic N) is 3. The Labute approximate surface area is 179 Å². The number of piperidine rings is 2. The third-order valence-electron chi connectivity index (χ3n) is 7.29. The monoisotopic (exact) mass is 410 g/mol. The zero-order chi connectivity index (χ0) is 20.3. The Kier molecular flexibility index (Phi) is 6.05. The van der Waals surface area contributed by atoms with Crippen molar-refractivity contribution in [2.24, 2.45) is 5.92 Å². The van der Waals surface area contributed by atoms with E-state index in [4.69, 9.17) is 9.72 Å². The van der Waals surface area contributed by atoms with E-state index in [1.165, 1.54) is 45.2 Å². The predicted octanol–water partition coefficient (Wildman–Crippen LogP) is 3.99. The summed E-state index contributed by atoms with van der Waals surface area (Å²) in [7, 11) is 0. The van der Waals surface area contributed by atoms with E-state index < -0.39 is 0 Å². The molecule has 2 aliphatic heterocycles. The van der Waals surface area contributed by atoms with Crippen LogP contribution in [0, 0.1) is 5.92 Å². The molecule has 0 spiro atoms. The van der Waals surface area contributed by atoms with Gasteiger partial charge in [0.2, 0.25) is 5.95 Å². The van der Waals surface area contributed by atoms with Crippen LogP contribution < -0.4 is 10.1 Å². The van der Waals surface area contributed by atoms with Crippen molar-refractivity contribution in [2.45, 2.75) is 76.0 Å². The Bertz CT molecular complexity index is 850. The highest BCUT2D eigenvalue weighted by molar-refractivity contribution is 5.84. The average molecular weight is 411 g/mol. The van der Waals surface area contributed by atoms with Gasteiger partial charge in [-0.15, -0.1) is 0 Å². The lowest BCUT2D eigenvalue weighted by atomic mass is 9.84. The van der Waals surface area contributed by atoms with Gasteiger partial charge in [0, 0.05) is 29.6 Å². The minimum Gasteiger partial charge on any atom is -0.491 e. The van der Waals surface area contributed by atoms with Crippen molar-refractivity contribution >= 4 is 16.9 Å². The van der Waals surface area contributed by atoms with Crippen LogP contribution >= 0.6 is 0 Å². The van der Waals surface area contributed by atoms with Gasteiger partial charge in [0.1, 0.15) is 11.3 Å². The molecule has 2 atom stereocenters. The Balaban J connectivity index is 1.29. The van der Waals surface area contributed by atoms with E-state index in [0.29, 0.717) is 23.9 Å². The summed E-state index contributed by atoms with van der Waals surface area (Å²) < 4.78 is 6.39. The summed E-state index contributed by atoms with van der Waals surface area (Å²) in [6.07, 6.45) is 11.9. The van der Waals surface area contributed by atoms with Crippen LogP contribution in [-0.4, -0.2) is 57.9 Å². The van der Waals surface area contributed by atoms with E-state index in [-0.39, 0.29) is 6.10 Å². The van der Waals surface area contributed by atoms with Gasteiger partial charge in [-0.25, -0.2) is 9.97 Å². The number of anilines is 1. The summed E-state index contributed by atoms with van der Waals surface area (Å²) in [4.78, 5) is 12.0. The predicted molar refractivity (Wildman–Crippen MR) is 119 cm³/mol. The van der Waals surface area contributed by atoms with Crippen LogP contribution in [0.3, 0.4) is 0 Å². The lowest BCUT2D eigenvalue weighted by molar-refractivity contribution is 0.0368. The first kappa shape index (κ1) is 20.0. The zero-order valence-corrected chi connectivity index (χ0v) is 17.8. The molecule has 1 aromatic carbocycles. The third-order valence-corrected chi connectivity index (χ3v) is 7.29. The lowest BCUT2D eigenvalue weighted by Gasteiger charge is -2.44. The number of ether oxygens (including phenoxy) is 1. The standard InChI is InChI=1S/C24H34N4O2/c29-20-11-9-19(10-12-20)26-24-25-15-17-5-3-8-22(23(17)27-24)30-16-18-6-4-14-28-13-2-1-7-21(18)28/h3,5,8,15,18-21,29H,1-2,4,6-7,9-14,16H2,(H,25,26,27)/t18-,19?,20?,21+/m0/s1. The van der Waals surface area contributed by atoms with Gasteiger partial charge in [-0.3, -0.25) is 4.90 Å². The van der Waals surface area contributed by atoms with E-state index in [1.807, 2.05) is 24.4 Å². The van der Waals surface area contributed by atoms with Crippen molar-refractivity contribution in [2.75, 3.05) is 25.0 Å². The van der Waals surface area contributed by atoms with Crippen molar-refractivity contribution < 1.29 is 9.84 Å². The highest BCUT2D eigenvalue weighted by atomic mass is 16.5. The first-order valence-electron chi connectivity index (χ1n) is 11.8. The molecule has 5 rings (SSSR count). The number of fused-ring (bicyclic) bond motifs is 2. The molecular formula is C24H34N4O2. The number of rotatable bonds is 5. The van der Waals surface area contributed by atoms with Gasteiger partial charge in [0.05, 0.1) is 12.7 Å². The quantitative estimate of drug-likeness (QED) is 0.777. The first-order chi connectivity index (χ1) is 14.8. The SMILES string of the molecule is OC1CCC(Nc2ncc3cccc(OC[C@@H]4CCCN5CCCC[C@H]45)c3n2)CC1. The van der Waals surface area contributed by atoms with Crippen LogP contribution in [0.5, 0.6) is 5.75 Å². The first-order valence-corrected chi connectivity index (χ1v) is 11.8. The number of aromatic nitrogens is 2. The third kappa shape index (κ3) is 4.40. The maximum Gasteiger partial charge on any atom is 0.223 e. The van der Waals surface area contributed by atoms with Crippen molar-refractivity contribution in [3.8, 4) is 5.75 Å². The summed E-state index contributed by atoms with van der Waals surface area (Å²) in [6.45, 7) is 3.29. The molecule has 0 unspecified atom stereocenters. The molecule has 0 radical (unpaired) electrons. The molecule has 3 fully saturated rings. The highest BCUT2D eigenvalue weighted by Gasteiger charge is 2.33. The van der Waals surface area contributed by atoms with E-state index in [1.54, 1.807) is 0 Å². The summed E-state index contributed by atoms with van der Waals surface area (Å²) in [6, 6.07) is 7.14. The van der Waals surface area contributed by atoms with Gasteiger partial charge in [-0.1, -0.05) is 18.6 Å². The maximum atomic E-state index is 9.73. The fraction of sp³-hybridized carbons (Fsp3) is 0.667. The fourth-order valence-corrected chi connectivity index (χ4v) is 5.59. The second-order valence-corrected chi connectivity index (χ2v) is 9.35. The summed E-state index contributed by atoms with van der Waals surface area (Å²) in [5.74, 6) is 2.14. The van der Waals surface area contributed by atoms with Gasteiger partial charge >= 0.3 is 0 Å². The minimum atomic E-state index is -0.152. The van der Waals surface area contributed by atoms with Crippen molar-refractivity contribution in [1.82, 2.24) is 14.9 Å². The minimum absolute atomic E-state index is 0.152. The number of hydrogen-bond donors (Lipinski definition) is 2. The van der Waals surface area contributed by atoms with Crippen LogP contribution in [0.15, 0.2) is 24.4 Å². The molecule has 3 aliphatic rings. The Hall–Kier alpha value is -1.92.